The van der Waals surface area contributed by atoms with Crippen molar-refractivity contribution in [1.82, 2.24) is 9.55 Å². The summed E-state index contributed by atoms with van der Waals surface area (Å²) < 4.78 is 7.60. The Morgan fingerprint density at radius 2 is 1.92 bits per heavy atom. The van der Waals surface area contributed by atoms with Crippen molar-refractivity contribution in [2.45, 2.75) is 11.7 Å². The number of methoxy groups -OCH3 is 1. The molecule has 0 fully saturated rings. The molecule has 0 saturated carbocycles. The Morgan fingerprint density at radius 1 is 1.19 bits per heavy atom. The second-order valence-electron chi connectivity index (χ2n) is 5.58. The van der Waals surface area contributed by atoms with E-state index in [2.05, 4.69) is 20.9 Å². The van der Waals surface area contributed by atoms with Crippen molar-refractivity contribution in [3.8, 4) is 0 Å². The van der Waals surface area contributed by atoms with Crippen LogP contribution in [0, 0.1) is 0 Å². The van der Waals surface area contributed by atoms with Gasteiger partial charge in [0.1, 0.15) is 0 Å². The van der Waals surface area contributed by atoms with E-state index in [0.29, 0.717) is 34.8 Å². The number of fused-ring (bicyclic) bond motifs is 1. The average Bonchev–Trinajstić information content (AvgIpc) is 2.66. The third-order valence-electron chi connectivity index (χ3n) is 3.84. The molecule has 0 bridgehead atoms. The monoisotopic (exact) mass is 432 g/mol. The van der Waals surface area contributed by atoms with Gasteiger partial charge in [0, 0.05) is 17.1 Å². The standard InChI is InChI=1S/C19H17BrN2O3S/c1-25-11-10-22-18(24)15-4-2-3-5-16(15)21-19(22)26-12-17(23)13-6-8-14(20)9-7-13/h2-9H,10-12H2,1H3. The van der Waals surface area contributed by atoms with E-state index < -0.39 is 0 Å². The lowest BCUT2D eigenvalue weighted by atomic mass is 10.2. The number of hydrogen-bond acceptors (Lipinski definition) is 5. The van der Waals surface area contributed by atoms with Gasteiger partial charge in [-0.25, -0.2) is 4.98 Å². The first kappa shape index (κ1) is 18.8. The van der Waals surface area contributed by atoms with Crippen molar-refractivity contribution in [2.24, 2.45) is 0 Å². The topological polar surface area (TPSA) is 61.2 Å². The van der Waals surface area contributed by atoms with Gasteiger partial charge in [0.05, 0.1) is 29.8 Å². The number of carbonyl (C=O) groups excluding carboxylic acids is 1. The van der Waals surface area contributed by atoms with Crippen LogP contribution in [0.1, 0.15) is 10.4 Å². The van der Waals surface area contributed by atoms with Gasteiger partial charge in [-0.05, 0) is 24.3 Å². The number of aromatic nitrogens is 2. The van der Waals surface area contributed by atoms with E-state index in [9.17, 15) is 9.59 Å². The summed E-state index contributed by atoms with van der Waals surface area (Å²) in [5.41, 5.74) is 1.14. The highest BCUT2D eigenvalue weighted by molar-refractivity contribution is 9.10. The fourth-order valence-corrected chi connectivity index (χ4v) is 3.67. The first-order valence-corrected chi connectivity index (χ1v) is 9.78. The molecule has 1 aromatic heterocycles. The van der Waals surface area contributed by atoms with Gasteiger partial charge in [-0.2, -0.15) is 0 Å². The first-order chi connectivity index (χ1) is 12.6. The summed E-state index contributed by atoms with van der Waals surface area (Å²) in [5, 5.41) is 1.09. The highest BCUT2D eigenvalue weighted by Gasteiger charge is 2.14. The zero-order valence-electron chi connectivity index (χ0n) is 14.1. The highest BCUT2D eigenvalue weighted by atomic mass is 79.9. The Bertz CT molecular complexity index is 986. The van der Waals surface area contributed by atoms with Gasteiger partial charge < -0.3 is 4.74 Å². The van der Waals surface area contributed by atoms with Crippen LogP contribution < -0.4 is 5.56 Å². The molecule has 0 radical (unpaired) electrons. The van der Waals surface area contributed by atoms with Crippen molar-refractivity contribution in [3.05, 3.63) is 68.9 Å². The number of para-hydroxylation sites is 1. The fraction of sp³-hybridized carbons (Fsp3) is 0.211. The molecule has 0 aliphatic heterocycles. The van der Waals surface area contributed by atoms with Gasteiger partial charge in [-0.1, -0.05) is 52.0 Å². The van der Waals surface area contributed by atoms with Crippen molar-refractivity contribution in [1.29, 1.82) is 0 Å². The largest absolute Gasteiger partial charge is 0.383 e. The van der Waals surface area contributed by atoms with Gasteiger partial charge >= 0.3 is 0 Å². The normalized spacial score (nSPS) is 11.0. The summed E-state index contributed by atoms with van der Waals surface area (Å²) in [5.74, 6) is 0.197. The third kappa shape index (κ3) is 4.23. The third-order valence-corrected chi connectivity index (χ3v) is 5.35. The van der Waals surface area contributed by atoms with Crippen LogP contribution >= 0.6 is 27.7 Å². The first-order valence-electron chi connectivity index (χ1n) is 8.00. The molecule has 5 nitrogen and oxygen atoms in total. The lowest BCUT2D eigenvalue weighted by Gasteiger charge is -2.12. The summed E-state index contributed by atoms with van der Waals surface area (Å²) in [7, 11) is 1.59. The molecule has 0 aliphatic rings. The minimum Gasteiger partial charge on any atom is -0.383 e. The zero-order chi connectivity index (χ0) is 18.5. The van der Waals surface area contributed by atoms with E-state index in [1.165, 1.54) is 11.8 Å². The molecule has 0 saturated heterocycles. The Morgan fingerprint density at radius 3 is 2.65 bits per heavy atom. The number of ether oxygens (including phenoxy) is 1. The smallest absolute Gasteiger partial charge is 0.262 e. The van der Waals surface area contributed by atoms with E-state index in [1.807, 2.05) is 24.3 Å². The van der Waals surface area contributed by atoms with E-state index in [-0.39, 0.29) is 17.1 Å². The molecule has 3 aromatic rings. The van der Waals surface area contributed by atoms with Gasteiger partial charge in [0.15, 0.2) is 10.9 Å². The van der Waals surface area contributed by atoms with Crippen LogP contribution in [0.4, 0.5) is 0 Å². The van der Waals surface area contributed by atoms with Gasteiger partial charge in [-0.3, -0.25) is 14.2 Å². The molecule has 0 amide bonds. The molecular formula is C19H17BrN2O3S. The molecule has 134 valence electrons. The predicted octanol–water partition coefficient (Wildman–Crippen LogP) is 3.78. The number of rotatable bonds is 7. The molecular weight excluding hydrogens is 416 g/mol. The number of nitrogens with zero attached hydrogens (tertiary/aromatic N) is 2. The minimum absolute atomic E-state index is 0.0109. The van der Waals surface area contributed by atoms with Crippen LogP contribution in [-0.4, -0.2) is 34.8 Å². The van der Waals surface area contributed by atoms with Gasteiger partial charge in [0.25, 0.3) is 5.56 Å². The lowest BCUT2D eigenvalue weighted by Crippen LogP contribution is -2.25. The summed E-state index contributed by atoms with van der Waals surface area (Å²) in [6.07, 6.45) is 0. The van der Waals surface area contributed by atoms with E-state index in [4.69, 9.17) is 4.74 Å². The molecule has 0 aliphatic carbocycles. The molecule has 0 unspecified atom stereocenters. The summed E-state index contributed by atoms with van der Waals surface area (Å²) in [6.45, 7) is 0.788. The maximum atomic E-state index is 12.8. The second kappa shape index (κ2) is 8.62. The fourth-order valence-electron chi connectivity index (χ4n) is 2.49. The van der Waals surface area contributed by atoms with Crippen LogP contribution in [0.2, 0.25) is 0 Å². The summed E-state index contributed by atoms with van der Waals surface area (Å²) in [6, 6.07) is 14.4. The Labute approximate surface area is 163 Å². The van der Waals surface area contributed by atoms with E-state index in [0.717, 1.165) is 4.47 Å². The number of benzene rings is 2. The molecule has 1 heterocycles. The molecule has 0 spiro atoms. The minimum atomic E-state index is -0.119. The number of ketones is 1. The maximum absolute atomic E-state index is 12.8. The van der Waals surface area contributed by atoms with Crippen LogP contribution in [-0.2, 0) is 11.3 Å². The van der Waals surface area contributed by atoms with Crippen molar-refractivity contribution in [2.75, 3.05) is 19.5 Å². The van der Waals surface area contributed by atoms with Gasteiger partial charge in [-0.15, -0.1) is 0 Å². The number of thioether (sulfide) groups is 1. The zero-order valence-corrected chi connectivity index (χ0v) is 16.5. The Kier molecular flexibility index (Phi) is 6.24. The quantitative estimate of drug-likeness (QED) is 0.323. The molecule has 7 heteroatoms. The van der Waals surface area contributed by atoms with Gasteiger partial charge in [0.2, 0.25) is 0 Å². The number of Topliss-reactive ketones (excluding diaryl/α,β-unsaturated/α-hetero) is 1. The average molecular weight is 433 g/mol. The van der Waals surface area contributed by atoms with Crippen LogP contribution in [0.5, 0.6) is 0 Å². The number of carbonyl (C=O) groups is 1. The van der Waals surface area contributed by atoms with Crippen LogP contribution in [0.3, 0.4) is 0 Å². The molecule has 3 rings (SSSR count). The maximum Gasteiger partial charge on any atom is 0.262 e. The number of hydrogen-bond donors (Lipinski definition) is 0. The van der Waals surface area contributed by atoms with Crippen LogP contribution in [0.25, 0.3) is 10.9 Å². The molecule has 0 atom stereocenters. The molecule has 26 heavy (non-hydrogen) atoms. The SMILES string of the molecule is COCCn1c(SCC(=O)c2ccc(Br)cc2)nc2ccccc2c1=O. The van der Waals surface area contributed by atoms with Crippen molar-refractivity contribution < 1.29 is 9.53 Å². The molecule has 0 N–H and O–H groups in total. The number of halogens is 1. The summed E-state index contributed by atoms with van der Waals surface area (Å²) >= 11 is 4.63. The lowest BCUT2D eigenvalue weighted by molar-refractivity contribution is 0.102. The second-order valence-corrected chi connectivity index (χ2v) is 7.44. The van der Waals surface area contributed by atoms with E-state index >= 15 is 0 Å². The van der Waals surface area contributed by atoms with E-state index in [1.54, 1.807) is 35.9 Å². The van der Waals surface area contributed by atoms with Crippen molar-refractivity contribution in [3.63, 3.8) is 0 Å². The Balaban J connectivity index is 1.89. The highest BCUT2D eigenvalue weighted by Crippen LogP contribution is 2.20. The van der Waals surface area contributed by atoms with Crippen molar-refractivity contribution >= 4 is 44.4 Å². The Hall–Kier alpha value is -1.96. The summed E-state index contributed by atoms with van der Waals surface area (Å²) in [4.78, 5) is 29.8. The predicted molar refractivity (Wildman–Crippen MR) is 107 cm³/mol. The molecule has 2 aromatic carbocycles. The van der Waals surface area contributed by atoms with Crippen LogP contribution in [0.15, 0.2) is 63.0 Å².